The fourth-order valence-corrected chi connectivity index (χ4v) is 2.89. The van der Waals surface area contributed by atoms with E-state index in [0.717, 1.165) is 33.1 Å². The second kappa shape index (κ2) is 6.24. The van der Waals surface area contributed by atoms with Crippen molar-refractivity contribution in [1.82, 2.24) is 9.97 Å². The second-order valence-electron chi connectivity index (χ2n) is 5.82. The number of hydrogen-bond acceptors (Lipinski definition) is 3. The zero-order valence-electron chi connectivity index (χ0n) is 13.7. The Morgan fingerprint density at radius 1 is 1.08 bits per heavy atom. The smallest absolute Gasteiger partial charge is 0.336 e. The van der Waals surface area contributed by atoms with Crippen molar-refractivity contribution in [2.24, 2.45) is 0 Å². The molecular formula is C21H16N2O2. The van der Waals surface area contributed by atoms with Crippen molar-refractivity contribution < 1.29 is 9.53 Å². The number of aromatic amines is 1. The lowest BCUT2D eigenvalue weighted by Gasteiger charge is -2.01. The van der Waals surface area contributed by atoms with Gasteiger partial charge in [-0.25, -0.2) is 4.79 Å². The average molecular weight is 328 g/mol. The Hall–Kier alpha value is -3.40. The normalized spacial score (nSPS) is 11.4. The summed E-state index contributed by atoms with van der Waals surface area (Å²) in [6.07, 6.45) is 4.96. The summed E-state index contributed by atoms with van der Waals surface area (Å²) in [5.74, 6) is 0.101. The van der Waals surface area contributed by atoms with Crippen LogP contribution in [0.3, 0.4) is 0 Å². The first-order valence-corrected chi connectivity index (χ1v) is 8.03. The Labute approximate surface area is 144 Å². The van der Waals surface area contributed by atoms with Crippen LogP contribution in [0.1, 0.15) is 11.3 Å². The summed E-state index contributed by atoms with van der Waals surface area (Å²) in [6, 6.07) is 17.2. The van der Waals surface area contributed by atoms with Crippen molar-refractivity contribution in [3.05, 3.63) is 78.1 Å². The molecule has 0 aliphatic rings. The van der Waals surface area contributed by atoms with Gasteiger partial charge in [0.15, 0.2) is 0 Å². The number of nitrogens with zero attached hydrogens (tertiary/aromatic N) is 1. The molecule has 4 rings (SSSR count). The summed E-state index contributed by atoms with van der Waals surface area (Å²) in [5, 5.41) is 2.20. The van der Waals surface area contributed by atoms with Gasteiger partial charge in [0.2, 0.25) is 0 Å². The first-order chi connectivity index (χ1) is 12.2. The third kappa shape index (κ3) is 3.02. The van der Waals surface area contributed by atoms with Crippen LogP contribution in [0.15, 0.2) is 66.9 Å². The van der Waals surface area contributed by atoms with E-state index in [9.17, 15) is 4.79 Å². The fourth-order valence-electron chi connectivity index (χ4n) is 2.89. The molecule has 0 aliphatic carbocycles. The molecule has 4 nitrogen and oxygen atoms in total. The van der Waals surface area contributed by atoms with Crippen molar-refractivity contribution in [1.29, 1.82) is 0 Å². The van der Waals surface area contributed by atoms with E-state index in [4.69, 9.17) is 4.74 Å². The summed E-state index contributed by atoms with van der Waals surface area (Å²) >= 11 is 0. The van der Waals surface area contributed by atoms with Gasteiger partial charge in [0.05, 0.1) is 16.7 Å². The molecule has 4 aromatic rings. The van der Waals surface area contributed by atoms with Crippen molar-refractivity contribution >= 4 is 33.9 Å². The topological polar surface area (TPSA) is 55.0 Å². The number of aromatic nitrogens is 2. The predicted octanol–water partition coefficient (Wildman–Crippen LogP) is 4.64. The van der Waals surface area contributed by atoms with Crippen LogP contribution in [0.4, 0.5) is 0 Å². The van der Waals surface area contributed by atoms with E-state index in [-0.39, 0.29) is 0 Å². The van der Waals surface area contributed by atoms with Crippen molar-refractivity contribution in [3.63, 3.8) is 0 Å². The van der Waals surface area contributed by atoms with Gasteiger partial charge in [0.1, 0.15) is 5.75 Å². The van der Waals surface area contributed by atoms with Gasteiger partial charge < -0.3 is 9.72 Å². The summed E-state index contributed by atoms with van der Waals surface area (Å²) in [5.41, 5.74) is 3.82. The number of carbonyl (C=O) groups is 1. The van der Waals surface area contributed by atoms with Crippen molar-refractivity contribution in [3.8, 4) is 5.75 Å². The highest BCUT2D eigenvalue weighted by Crippen LogP contribution is 2.29. The van der Waals surface area contributed by atoms with E-state index < -0.39 is 5.97 Å². The maximum absolute atomic E-state index is 12.0. The Kier molecular flexibility index (Phi) is 3.78. The van der Waals surface area contributed by atoms with E-state index >= 15 is 0 Å². The minimum atomic E-state index is -0.405. The highest BCUT2D eigenvalue weighted by Gasteiger charge is 2.08. The minimum Gasteiger partial charge on any atom is -0.423 e. The first-order valence-electron chi connectivity index (χ1n) is 8.03. The molecule has 0 fully saturated rings. The van der Waals surface area contributed by atoms with Crippen LogP contribution in [0.25, 0.3) is 27.9 Å². The van der Waals surface area contributed by atoms with Gasteiger partial charge in [-0.05, 0) is 36.8 Å². The van der Waals surface area contributed by atoms with Gasteiger partial charge in [0, 0.05) is 29.1 Å². The molecule has 0 atom stereocenters. The lowest BCUT2D eigenvalue weighted by atomic mass is 10.1. The number of aryl methyl sites for hydroxylation is 1. The molecule has 1 N–H and O–H groups in total. The van der Waals surface area contributed by atoms with Crippen LogP contribution >= 0.6 is 0 Å². The molecule has 2 aromatic carbocycles. The number of ether oxygens (including phenoxy) is 1. The standard InChI is InChI=1S/C21H16N2O2/c1-14-21-18(11-12-22-14)17-9-8-16(13-19(17)23-21)25-20(24)10-7-15-5-3-2-4-6-15/h2-13,23H,1H3/b10-7+. The molecule has 0 unspecified atom stereocenters. The number of carbonyl (C=O) groups excluding carboxylic acids is 1. The first kappa shape index (κ1) is 15.1. The highest BCUT2D eigenvalue weighted by molar-refractivity contribution is 6.08. The summed E-state index contributed by atoms with van der Waals surface area (Å²) < 4.78 is 5.41. The third-order valence-electron chi connectivity index (χ3n) is 4.11. The summed E-state index contributed by atoms with van der Waals surface area (Å²) in [4.78, 5) is 19.7. The lowest BCUT2D eigenvalue weighted by molar-refractivity contribution is -0.128. The van der Waals surface area contributed by atoms with Crippen LogP contribution in [-0.2, 0) is 4.79 Å². The molecule has 122 valence electrons. The van der Waals surface area contributed by atoms with E-state index in [0.29, 0.717) is 5.75 Å². The molecule has 25 heavy (non-hydrogen) atoms. The number of benzene rings is 2. The Morgan fingerprint density at radius 2 is 1.92 bits per heavy atom. The Morgan fingerprint density at radius 3 is 2.76 bits per heavy atom. The van der Waals surface area contributed by atoms with Crippen LogP contribution in [-0.4, -0.2) is 15.9 Å². The number of H-pyrrole nitrogens is 1. The molecule has 4 heteroatoms. The minimum absolute atomic E-state index is 0.405. The van der Waals surface area contributed by atoms with Gasteiger partial charge >= 0.3 is 5.97 Å². The molecule has 0 spiro atoms. The van der Waals surface area contributed by atoms with Gasteiger partial charge in [-0.15, -0.1) is 0 Å². The number of esters is 1. The monoisotopic (exact) mass is 328 g/mol. The zero-order chi connectivity index (χ0) is 17.2. The number of rotatable bonds is 3. The van der Waals surface area contributed by atoms with Crippen molar-refractivity contribution in [2.75, 3.05) is 0 Å². The highest BCUT2D eigenvalue weighted by atomic mass is 16.5. The molecular weight excluding hydrogens is 312 g/mol. The molecule has 0 saturated carbocycles. The van der Waals surface area contributed by atoms with E-state index in [1.165, 1.54) is 6.08 Å². The van der Waals surface area contributed by atoms with Crippen molar-refractivity contribution in [2.45, 2.75) is 6.92 Å². The Balaban J connectivity index is 1.59. The Bertz CT molecular complexity index is 1090. The van der Waals surface area contributed by atoms with E-state index in [2.05, 4.69) is 9.97 Å². The number of nitrogens with one attached hydrogen (secondary N) is 1. The summed E-state index contributed by atoms with van der Waals surface area (Å²) in [6.45, 7) is 1.97. The summed E-state index contributed by atoms with van der Waals surface area (Å²) in [7, 11) is 0. The quantitative estimate of drug-likeness (QED) is 0.338. The van der Waals surface area contributed by atoms with E-state index in [1.807, 2.05) is 55.5 Å². The molecule has 0 saturated heterocycles. The van der Waals surface area contributed by atoms with Gasteiger partial charge in [0.25, 0.3) is 0 Å². The molecule has 2 aromatic heterocycles. The SMILES string of the molecule is Cc1nccc2c1[nH]c1cc(OC(=O)/C=C/c3ccccc3)ccc12. The van der Waals surface area contributed by atoms with Crippen LogP contribution in [0, 0.1) is 6.92 Å². The lowest BCUT2D eigenvalue weighted by Crippen LogP contribution is -2.03. The fraction of sp³-hybridized carbons (Fsp3) is 0.0476. The number of pyridine rings is 1. The van der Waals surface area contributed by atoms with Crippen LogP contribution in [0.5, 0.6) is 5.75 Å². The maximum Gasteiger partial charge on any atom is 0.336 e. The number of fused-ring (bicyclic) bond motifs is 3. The molecule has 0 bridgehead atoms. The van der Waals surface area contributed by atoms with Gasteiger partial charge in [-0.3, -0.25) is 4.98 Å². The van der Waals surface area contributed by atoms with Crippen LogP contribution < -0.4 is 4.74 Å². The molecule has 2 heterocycles. The van der Waals surface area contributed by atoms with Gasteiger partial charge in [-0.2, -0.15) is 0 Å². The maximum atomic E-state index is 12.0. The molecule has 0 radical (unpaired) electrons. The molecule has 0 amide bonds. The molecule has 0 aliphatic heterocycles. The van der Waals surface area contributed by atoms with Gasteiger partial charge in [-0.1, -0.05) is 30.3 Å². The third-order valence-corrected chi connectivity index (χ3v) is 4.11. The predicted molar refractivity (Wildman–Crippen MR) is 99.4 cm³/mol. The largest absolute Gasteiger partial charge is 0.423 e. The second-order valence-corrected chi connectivity index (χ2v) is 5.82. The van der Waals surface area contributed by atoms with E-state index in [1.54, 1.807) is 18.3 Å². The zero-order valence-corrected chi connectivity index (χ0v) is 13.7. The number of hydrogen-bond donors (Lipinski definition) is 1. The average Bonchev–Trinajstić information content (AvgIpc) is 3.00. The van der Waals surface area contributed by atoms with Crippen LogP contribution in [0.2, 0.25) is 0 Å².